The highest BCUT2D eigenvalue weighted by molar-refractivity contribution is 7.89. The van der Waals surface area contributed by atoms with Gasteiger partial charge in [-0.1, -0.05) is 17.7 Å². The SMILES string of the molecule is COC(=O)c1ccc(Cl)c(S(=O)(=O)NCc2ccc(OC)c(OC)c2OC)c1. The summed E-state index contributed by atoms with van der Waals surface area (Å²) in [5, 5.41) is -0.0283. The molecule has 2 aromatic carbocycles. The summed E-state index contributed by atoms with van der Waals surface area (Å²) in [4.78, 5) is 11.4. The van der Waals surface area contributed by atoms with E-state index in [0.29, 0.717) is 22.8 Å². The summed E-state index contributed by atoms with van der Waals surface area (Å²) >= 11 is 6.02. The molecule has 2 aromatic rings. The highest BCUT2D eigenvalue weighted by atomic mass is 35.5. The monoisotopic (exact) mass is 429 g/mol. The Morgan fingerprint density at radius 1 is 1.00 bits per heavy atom. The lowest BCUT2D eigenvalue weighted by molar-refractivity contribution is 0.0600. The average Bonchev–Trinajstić information content (AvgIpc) is 2.70. The number of carbonyl (C=O) groups is 1. The maximum Gasteiger partial charge on any atom is 0.337 e. The maximum absolute atomic E-state index is 12.7. The highest BCUT2D eigenvalue weighted by Crippen LogP contribution is 2.39. The Labute approximate surface area is 168 Å². The predicted octanol–water partition coefficient (Wildman–Crippen LogP) is 2.63. The zero-order valence-electron chi connectivity index (χ0n) is 15.7. The molecule has 0 radical (unpaired) electrons. The van der Waals surface area contributed by atoms with Crippen molar-refractivity contribution in [1.29, 1.82) is 0 Å². The van der Waals surface area contributed by atoms with Crippen molar-refractivity contribution in [2.24, 2.45) is 0 Å². The lowest BCUT2D eigenvalue weighted by atomic mass is 10.1. The molecule has 0 aliphatic rings. The van der Waals surface area contributed by atoms with E-state index < -0.39 is 16.0 Å². The van der Waals surface area contributed by atoms with Crippen LogP contribution in [0.15, 0.2) is 35.2 Å². The van der Waals surface area contributed by atoms with Gasteiger partial charge in [-0.3, -0.25) is 0 Å². The average molecular weight is 430 g/mol. The van der Waals surface area contributed by atoms with Gasteiger partial charge in [0.25, 0.3) is 0 Å². The predicted molar refractivity (Wildman–Crippen MR) is 103 cm³/mol. The standard InChI is InChI=1S/C18H20ClNO7S/c1-24-14-8-6-12(16(25-2)17(14)26-3)10-20-28(22,23)15-9-11(18(21)27-4)5-7-13(15)19/h5-9,20H,10H2,1-4H3. The fraction of sp³-hybridized carbons (Fsp3) is 0.278. The maximum atomic E-state index is 12.7. The van der Waals surface area contributed by atoms with Crippen molar-refractivity contribution in [3.63, 3.8) is 0 Å². The van der Waals surface area contributed by atoms with E-state index in [1.54, 1.807) is 12.1 Å². The van der Waals surface area contributed by atoms with Crippen LogP contribution < -0.4 is 18.9 Å². The van der Waals surface area contributed by atoms with Crippen molar-refractivity contribution < 1.29 is 32.2 Å². The largest absolute Gasteiger partial charge is 0.493 e. The number of nitrogens with one attached hydrogen (secondary N) is 1. The van der Waals surface area contributed by atoms with Crippen molar-refractivity contribution in [3.8, 4) is 17.2 Å². The molecule has 0 saturated carbocycles. The van der Waals surface area contributed by atoms with E-state index in [1.165, 1.54) is 40.6 Å². The summed E-state index contributed by atoms with van der Waals surface area (Å²) in [7, 11) is 1.54. The van der Waals surface area contributed by atoms with Crippen LogP contribution in [0.4, 0.5) is 0 Å². The number of halogens is 1. The highest BCUT2D eigenvalue weighted by Gasteiger charge is 2.22. The number of ether oxygens (including phenoxy) is 4. The molecule has 0 aromatic heterocycles. The molecule has 0 aliphatic carbocycles. The Hall–Kier alpha value is -2.49. The second-order valence-corrected chi connectivity index (χ2v) is 7.60. The van der Waals surface area contributed by atoms with Crippen molar-refractivity contribution in [3.05, 3.63) is 46.5 Å². The number of sulfonamides is 1. The summed E-state index contributed by atoms with van der Waals surface area (Å²) in [5.74, 6) is 0.445. The van der Waals surface area contributed by atoms with Crippen LogP contribution in [-0.2, 0) is 21.3 Å². The number of esters is 1. The molecule has 8 nitrogen and oxygen atoms in total. The molecular weight excluding hydrogens is 410 g/mol. The summed E-state index contributed by atoms with van der Waals surface area (Å²) in [5.41, 5.74) is 0.583. The fourth-order valence-electron chi connectivity index (χ4n) is 2.51. The molecule has 0 atom stereocenters. The Bertz CT molecular complexity index is 976. The van der Waals surface area contributed by atoms with Crippen molar-refractivity contribution >= 4 is 27.6 Å². The molecule has 0 spiro atoms. The number of hydrogen-bond donors (Lipinski definition) is 1. The van der Waals surface area contributed by atoms with Crippen LogP contribution in [-0.4, -0.2) is 42.8 Å². The summed E-state index contributed by atoms with van der Waals surface area (Å²) in [6.45, 7) is -0.107. The van der Waals surface area contributed by atoms with E-state index in [2.05, 4.69) is 9.46 Å². The number of benzene rings is 2. The van der Waals surface area contributed by atoms with Gasteiger partial charge in [-0.2, -0.15) is 0 Å². The third-order valence-corrected chi connectivity index (χ3v) is 5.76. The van der Waals surface area contributed by atoms with E-state index in [1.807, 2.05) is 0 Å². The van der Waals surface area contributed by atoms with Crippen molar-refractivity contribution in [2.75, 3.05) is 28.4 Å². The molecule has 0 unspecified atom stereocenters. The zero-order chi connectivity index (χ0) is 20.9. The minimum Gasteiger partial charge on any atom is -0.493 e. The number of methoxy groups -OCH3 is 4. The molecular formula is C18H20ClNO7S. The second-order valence-electron chi connectivity index (χ2n) is 5.45. The van der Waals surface area contributed by atoms with Crippen LogP contribution >= 0.6 is 11.6 Å². The number of rotatable bonds is 8. The van der Waals surface area contributed by atoms with Gasteiger partial charge in [-0.25, -0.2) is 17.9 Å². The summed E-state index contributed by atoms with van der Waals surface area (Å²) < 4.78 is 48.3. The molecule has 10 heteroatoms. The number of hydrogen-bond acceptors (Lipinski definition) is 7. The first kappa shape index (κ1) is 21.8. The van der Waals surface area contributed by atoms with Gasteiger partial charge in [-0.15, -0.1) is 0 Å². The van der Waals surface area contributed by atoms with Crippen LogP contribution in [0.2, 0.25) is 5.02 Å². The van der Waals surface area contributed by atoms with Gasteiger partial charge in [-0.05, 0) is 24.3 Å². The van der Waals surface area contributed by atoms with Gasteiger partial charge in [0.15, 0.2) is 11.5 Å². The molecule has 0 saturated heterocycles. The van der Waals surface area contributed by atoms with E-state index in [4.69, 9.17) is 25.8 Å². The zero-order valence-corrected chi connectivity index (χ0v) is 17.3. The first-order valence-electron chi connectivity index (χ1n) is 7.94. The third kappa shape index (κ3) is 4.49. The Kier molecular flexibility index (Phi) is 7.11. The first-order valence-corrected chi connectivity index (χ1v) is 9.80. The van der Waals surface area contributed by atoms with E-state index in [-0.39, 0.29) is 22.0 Å². The van der Waals surface area contributed by atoms with Crippen LogP contribution in [0.1, 0.15) is 15.9 Å². The summed E-state index contributed by atoms with van der Waals surface area (Å²) in [6.07, 6.45) is 0. The van der Waals surface area contributed by atoms with Gasteiger partial charge < -0.3 is 18.9 Å². The molecule has 28 heavy (non-hydrogen) atoms. The van der Waals surface area contributed by atoms with Crippen molar-refractivity contribution in [2.45, 2.75) is 11.4 Å². The molecule has 2 rings (SSSR count). The lowest BCUT2D eigenvalue weighted by Gasteiger charge is -2.16. The second kappa shape index (κ2) is 9.13. The Morgan fingerprint density at radius 3 is 2.25 bits per heavy atom. The van der Waals surface area contributed by atoms with Crippen molar-refractivity contribution in [1.82, 2.24) is 4.72 Å². The van der Waals surface area contributed by atoms with Gasteiger partial charge >= 0.3 is 5.97 Å². The number of carbonyl (C=O) groups excluding carboxylic acids is 1. The normalized spacial score (nSPS) is 11.0. The van der Waals surface area contributed by atoms with Gasteiger partial charge in [0.1, 0.15) is 4.90 Å². The van der Waals surface area contributed by atoms with E-state index >= 15 is 0 Å². The van der Waals surface area contributed by atoms with Gasteiger partial charge in [0.05, 0.1) is 39.0 Å². The smallest absolute Gasteiger partial charge is 0.337 e. The van der Waals surface area contributed by atoms with Gasteiger partial charge in [0.2, 0.25) is 15.8 Å². The van der Waals surface area contributed by atoms with Gasteiger partial charge in [0, 0.05) is 12.1 Å². The molecule has 0 heterocycles. The topological polar surface area (TPSA) is 100 Å². The molecule has 0 bridgehead atoms. The Balaban J connectivity index is 2.36. The molecule has 0 fully saturated rings. The molecule has 0 amide bonds. The minimum atomic E-state index is -4.03. The Morgan fingerprint density at radius 2 is 1.68 bits per heavy atom. The third-order valence-electron chi connectivity index (χ3n) is 3.88. The van der Waals surface area contributed by atoms with Crippen LogP contribution in [0.3, 0.4) is 0 Å². The molecule has 152 valence electrons. The van der Waals surface area contributed by atoms with Crippen LogP contribution in [0, 0.1) is 0 Å². The quantitative estimate of drug-likeness (QED) is 0.644. The fourth-order valence-corrected chi connectivity index (χ4v) is 4.04. The minimum absolute atomic E-state index is 0.0283. The van der Waals surface area contributed by atoms with Crippen LogP contribution in [0.5, 0.6) is 17.2 Å². The first-order chi connectivity index (χ1) is 13.3. The van der Waals surface area contributed by atoms with E-state index in [9.17, 15) is 13.2 Å². The van der Waals surface area contributed by atoms with E-state index in [0.717, 1.165) is 6.07 Å². The van der Waals surface area contributed by atoms with Crippen LogP contribution in [0.25, 0.3) is 0 Å². The molecule has 0 aliphatic heterocycles. The summed E-state index contributed by atoms with van der Waals surface area (Å²) in [6, 6.07) is 7.14. The lowest BCUT2D eigenvalue weighted by Crippen LogP contribution is -2.24. The molecule has 1 N–H and O–H groups in total.